The Bertz CT molecular complexity index is 825. The molecule has 0 bridgehead atoms. The average molecular weight is 304 g/mol. The summed E-state index contributed by atoms with van der Waals surface area (Å²) in [7, 11) is 0. The van der Waals surface area contributed by atoms with E-state index in [0.29, 0.717) is 5.69 Å². The van der Waals surface area contributed by atoms with Crippen LogP contribution in [0.1, 0.15) is 5.69 Å². The number of fused-ring (bicyclic) bond motifs is 1. The fraction of sp³-hybridized carbons (Fsp3) is 0.0556. The highest BCUT2D eigenvalue weighted by Gasteiger charge is 2.02. The SMILES string of the molecule is O=C(CNc1cccc2ccccc12)N/N=C\c1ccccn1. The van der Waals surface area contributed by atoms with Gasteiger partial charge in [0.05, 0.1) is 18.5 Å². The Morgan fingerprint density at radius 1 is 1.04 bits per heavy atom. The van der Waals surface area contributed by atoms with Crippen LogP contribution in [0.2, 0.25) is 0 Å². The lowest BCUT2D eigenvalue weighted by molar-refractivity contribution is -0.119. The smallest absolute Gasteiger partial charge is 0.259 e. The normalized spacial score (nSPS) is 10.8. The Labute approximate surface area is 134 Å². The van der Waals surface area contributed by atoms with E-state index in [1.165, 1.54) is 6.21 Å². The molecule has 5 nitrogen and oxygen atoms in total. The first-order valence-corrected chi connectivity index (χ1v) is 7.27. The molecule has 0 spiro atoms. The maximum Gasteiger partial charge on any atom is 0.259 e. The molecule has 0 fully saturated rings. The summed E-state index contributed by atoms with van der Waals surface area (Å²) in [4.78, 5) is 15.9. The van der Waals surface area contributed by atoms with Gasteiger partial charge in [0.2, 0.25) is 0 Å². The van der Waals surface area contributed by atoms with Gasteiger partial charge in [-0.05, 0) is 23.6 Å². The van der Waals surface area contributed by atoms with Gasteiger partial charge in [0.15, 0.2) is 0 Å². The topological polar surface area (TPSA) is 66.4 Å². The fourth-order valence-electron chi connectivity index (χ4n) is 2.22. The van der Waals surface area contributed by atoms with Crippen LogP contribution in [0, 0.1) is 0 Å². The lowest BCUT2D eigenvalue weighted by Crippen LogP contribution is -2.26. The molecule has 0 aliphatic heterocycles. The molecule has 0 saturated heterocycles. The van der Waals surface area contributed by atoms with Gasteiger partial charge < -0.3 is 5.32 Å². The van der Waals surface area contributed by atoms with Gasteiger partial charge in [-0.2, -0.15) is 5.10 Å². The van der Waals surface area contributed by atoms with Crippen molar-refractivity contribution in [2.24, 2.45) is 5.10 Å². The second-order valence-corrected chi connectivity index (χ2v) is 4.93. The number of amides is 1. The third kappa shape index (κ3) is 3.91. The Morgan fingerprint density at radius 2 is 1.87 bits per heavy atom. The molecule has 1 heterocycles. The Morgan fingerprint density at radius 3 is 2.74 bits per heavy atom. The van der Waals surface area contributed by atoms with Crippen LogP contribution in [-0.4, -0.2) is 23.7 Å². The van der Waals surface area contributed by atoms with Crippen molar-refractivity contribution in [3.05, 3.63) is 72.6 Å². The lowest BCUT2D eigenvalue weighted by atomic mass is 10.1. The predicted octanol–water partition coefficient (Wildman–Crippen LogP) is 2.80. The third-order valence-corrected chi connectivity index (χ3v) is 3.30. The predicted molar refractivity (Wildman–Crippen MR) is 92.4 cm³/mol. The van der Waals surface area contributed by atoms with Crippen molar-refractivity contribution in [2.45, 2.75) is 0 Å². The molecule has 114 valence electrons. The molecule has 3 rings (SSSR count). The molecule has 1 amide bonds. The van der Waals surface area contributed by atoms with E-state index in [2.05, 4.69) is 20.8 Å². The molecule has 23 heavy (non-hydrogen) atoms. The number of benzene rings is 2. The summed E-state index contributed by atoms with van der Waals surface area (Å²) in [5.41, 5.74) is 4.09. The van der Waals surface area contributed by atoms with Gasteiger partial charge in [-0.1, -0.05) is 42.5 Å². The summed E-state index contributed by atoms with van der Waals surface area (Å²) in [6, 6.07) is 19.5. The fourth-order valence-corrected chi connectivity index (χ4v) is 2.22. The first kappa shape index (κ1) is 14.7. The molecular formula is C18H16N4O. The van der Waals surface area contributed by atoms with Gasteiger partial charge >= 0.3 is 0 Å². The molecule has 2 aromatic carbocycles. The number of hydrogen-bond donors (Lipinski definition) is 2. The Balaban J connectivity index is 1.57. The molecule has 5 heteroatoms. The maximum atomic E-state index is 11.8. The molecule has 0 aliphatic carbocycles. The van der Waals surface area contributed by atoms with Crippen molar-refractivity contribution in [3.8, 4) is 0 Å². The number of nitrogens with one attached hydrogen (secondary N) is 2. The van der Waals surface area contributed by atoms with E-state index in [0.717, 1.165) is 16.5 Å². The highest BCUT2D eigenvalue weighted by atomic mass is 16.2. The van der Waals surface area contributed by atoms with E-state index in [4.69, 9.17) is 0 Å². The Hall–Kier alpha value is -3.21. The number of rotatable bonds is 5. The van der Waals surface area contributed by atoms with Crippen LogP contribution in [0.15, 0.2) is 72.0 Å². The van der Waals surface area contributed by atoms with E-state index in [1.807, 2.05) is 60.7 Å². The Kier molecular flexibility index (Phi) is 4.59. The highest BCUT2D eigenvalue weighted by molar-refractivity contribution is 5.95. The minimum atomic E-state index is -0.217. The molecule has 3 aromatic rings. The number of carbonyl (C=O) groups excluding carboxylic acids is 1. The van der Waals surface area contributed by atoms with Crippen molar-refractivity contribution < 1.29 is 4.79 Å². The third-order valence-electron chi connectivity index (χ3n) is 3.30. The van der Waals surface area contributed by atoms with Crippen LogP contribution in [0.3, 0.4) is 0 Å². The molecule has 0 aliphatic rings. The van der Waals surface area contributed by atoms with Crippen molar-refractivity contribution >= 4 is 28.6 Å². The number of nitrogens with zero attached hydrogens (tertiary/aromatic N) is 2. The number of pyridine rings is 1. The minimum Gasteiger partial charge on any atom is -0.376 e. The second-order valence-electron chi connectivity index (χ2n) is 4.93. The van der Waals surface area contributed by atoms with Crippen LogP contribution in [0.25, 0.3) is 10.8 Å². The number of anilines is 1. The monoisotopic (exact) mass is 304 g/mol. The van der Waals surface area contributed by atoms with Crippen LogP contribution < -0.4 is 10.7 Å². The van der Waals surface area contributed by atoms with Crippen LogP contribution in [0.5, 0.6) is 0 Å². The molecule has 0 unspecified atom stereocenters. The van der Waals surface area contributed by atoms with E-state index in [1.54, 1.807) is 6.20 Å². The van der Waals surface area contributed by atoms with Gasteiger partial charge in [-0.3, -0.25) is 9.78 Å². The van der Waals surface area contributed by atoms with Gasteiger partial charge in [-0.15, -0.1) is 0 Å². The zero-order chi connectivity index (χ0) is 15.9. The summed E-state index contributed by atoms with van der Waals surface area (Å²) in [5, 5.41) is 9.24. The van der Waals surface area contributed by atoms with Crippen molar-refractivity contribution in [2.75, 3.05) is 11.9 Å². The number of carbonyl (C=O) groups is 1. The van der Waals surface area contributed by atoms with E-state index >= 15 is 0 Å². The number of hydrogen-bond acceptors (Lipinski definition) is 4. The summed E-state index contributed by atoms with van der Waals surface area (Å²) in [6.07, 6.45) is 3.18. The first-order chi connectivity index (χ1) is 11.3. The molecular weight excluding hydrogens is 288 g/mol. The van der Waals surface area contributed by atoms with Crippen LogP contribution >= 0.6 is 0 Å². The van der Waals surface area contributed by atoms with E-state index in [9.17, 15) is 4.79 Å². The zero-order valence-corrected chi connectivity index (χ0v) is 12.4. The van der Waals surface area contributed by atoms with Gasteiger partial charge in [0.25, 0.3) is 5.91 Å². The average Bonchev–Trinajstić information content (AvgIpc) is 2.61. The van der Waals surface area contributed by atoms with Crippen LogP contribution in [-0.2, 0) is 4.79 Å². The summed E-state index contributed by atoms with van der Waals surface area (Å²) in [6.45, 7) is 0.146. The van der Waals surface area contributed by atoms with E-state index < -0.39 is 0 Å². The first-order valence-electron chi connectivity index (χ1n) is 7.27. The van der Waals surface area contributed by atoms with Crippen LogP contribution in [0.4, 0.5) is 5.69 Å². The number of hydrazone groups is 1. The molecule has 0 saturated carbocycles. The standard InChI is InChI=1S/C18H16N4O/c23-18(22-21-12-15-8-3-4-11-19-15)13-20-17-10-5-7-14-6-1-2-9-16(14)17/h1-12,20H,13H2,(H,22,23)/b21-12-. The molecule has 2 N–H and O–H groups in total. The lowest BCUT2D eigenvalue weighted by Gasteiger charge is -2.08. The summed E-state index contributed by atoms with van der Waals surface area (Å²) < 4.78 is 0. The van der Waals surface area contributed by atoms with Crippen molar-refractivity contribution in [1.29, 1.82) is 0 Å². The van der Waals surface area contributed by atoms with Crippen molar-refractivity contribution in [1.82, 2.24) is 10.4 Å². The highest BCUT2D eigenvalue weighted by Crippen LogP contribution is 2.22. The van der Waals surface area contributed by atoms with Gasteiger partial charge in [0.1, 0.15) is 0 Å². The minimum absolute atomic E-state index is 0.146. The number of aromatic nitrogens is 1. The van der Waals surface area contributed by atoms with E-state index in [-0.39, 0.29) is 12.5 Å². The summed E-state index contributed by atoms with van der Waals surface area (Å²) in [5.74, 6) is -0.217. The maximum absolute atomic E-state index is 11.8. The molecule has 1 aromatic heterocycles. The van der Waals surface area contributed by atoms with Gasteiger partial charge in [0, 0.05) is 17.3 Å². The molecule has 0 atom stereocenters. The van der Waals surface area contributed by atoms with Crippen molar-refractivity contribution in [3.63, 3.8) is 0 Å². The zero-order valence-electron chi connectivity index (χ0n) is 12.4. The summed E-state index contributed by atoms with van der Waals surface area (Å²) >= 11 is 0. The largest absolute Gasteiger partial charge is 0.376 e. The molecule has 0 radical (unpaired) electrons. The second kappa shape index (κ2) is 7.17. The van der Waals surface area contributed by atoms with Gasteiger partial charge in [-0.25, -0.2) is 5.43 Å². The quantitative estimate of drug-likeness (QED) is 0.562.